The summed E-state index contributed by atoms with van der Waals surface area (Å²) >= 11 is 3.09. The van der Waals surface area contributed by atoms with E-state index in [0.717, 1.165) is 50.6 Å². The molecule has 5 rings (SSSR count). The third-order valence-electron chi connectivity index (χ3n) is 6.81. The van der Waals surface area contributed by atoms with Gasteiger partial charge >= 0.3 is 0 Å². The summed E-state index contributed by atoms with van der Waals surface area (Å²) in [5, 5.41) is 21.8. The van der Waals surface area contributed by atoms with Crippen molar-refractivity contribution in [3.05, 3.63) is 82.7 Å². The van der Waals surface area contributed by atoms with Gasteiger partial charge in [0.15, 0.2) is 0 Å². The lowest BCUT2D eigenvalue weighted by Gasteiger charge is -2.23. The highest BCUT2D eigenvalue weighted by atomic mass is 32.1. The van der Waals surface area contributed by atoms with Crippen LogP contribution in [-0.2, 0) is 6.42 Å². The highest BCUT2D eigenvalue weighted by Crippen LogP contribution is 2.38. The Kier molecular flexibility index (Phi) is 8.45. The van der Waals surface area contributed by atoms with Crippen molar-refractivity contribution in [2.45, 2.75) is 40.0 Å². The van der Waals surface area contributed by atoms with E-state index in [2.05, 4.69) is 84.4 Å². The van der Waals surface area contributed by atoms with Gasteiger partial charge in [0.2, 0.25) is 5.13 Å². The average Bonchev–Trinajstić information content (AvgIpc) is 3.53. The average molecular weight is 550 g/mol. The Bertz CT molecular complexity index is 1650. The number of aryl methyl sites for hydroxylation is 1. The SMILES string of the molecule is CCCCc1ccc(/C(C#N)=C/c2cc3sc(/N=N/c4ccc(N(CC)CC)c5ccccc45)nc3s2)cc1. The second kappa shape index (κ2) is 12.3. The molecule has 0 fully saturated rings. The Labute approximate surface area is 237 Å². The van der Waals surface area contributed by atoms with Crippen molar-refractivity contribution in [2.75, 3.05) is 18.0 Å². The molecule has 196 valence electrons. The molecule has 0 saturated heterocycles. The fraction of sp³-hybridized carbons (Fsp3) is 0.250. The number of unbranched alkanes of at least 4 members (excludes halogenated alkanes) is 1. The van der Waals surface area contributed by atoms with Crippen LogP contribution in [0.5, 0.6) is 0 Å². The molecule has 0 amide bonds. The standard InChI is InChI=1S/C32H31N5S2/c1-4-7-10-22-13-15-23(16-14-22)24(21-33)19-25-20-30-31(38-25)34-32(39-30)36-35-28-17-18-29(37(5-2)6-3)27-12-9-8-11-26(27)28/h8-9,11-20H,4-7,10H2,1-3H3/b24-19+,36-35+. The fourth-order valence-corrected chi connectivity index (χ4v) is 6.69. The van der Waals surface area contributed by atoms with Crippen LogP contribution < -0.4 is 4.90 Å². The van der Waals surface area contributed by atoms with Gasteiger partial charge in [-0.25, -0.2) is 4.98 Å². The predicted molar refractivity (Wildman–Crippen MR) is 168 cm³/mol. The van der Waals surface area contributed by atoms with Gasteiger partial charge in [0.25, 0.3) is 0 Å². The lowest BCUT2D eigenvalue weighted by molar-refractivity contribution is 0.795. The summed E-state index contributed by atoms with van der Waals surface area (Å²) in [4.78, 5) is 8.98. The summed E-state index contributed by atoms with van der Waals surface area (Å²) in [5.41, 5.74) is 4.97. The molecule has 0 aliphatic carbocycles. The number of aromatic nitrogens is 1. The highest BCUT2D eigenvalue weighted by molar-refractivity contribution is 7.29. The molecule has 0 spiro atoms. The molecule has 0 aliphatic heterocycles. The van der Waals surface area contributed by atoms with Gasteiger partial charge in [-0.05, 0) is 62.1 Å². The molecule has 0 N–H and O–H groups in total. The lowest BCUT2D eigenvalue weighted by Crippen LogP contribution is -2.21. The Balaban J connectivity index is 1.37. The zero-order chi connectivity index (χ0) is 27.2. The normalized spacial score (nSPS) is 12.0. The fourth-order valence-electron chi connectivity index (χ4n) is 4.70. The Morgan fingerprint density at radius 3 is 2.41 bits per heavy atom. The van der Waals surface area contributed by atoms with E-state index in [1.165, 1.54) is 40.8 Å². The molecule has 0 unspecified atom stereocenters. The van der Waals surface area contributed by atoms with Crippen molar-refractivity contribution in [3.8, 4) is 6.07 Å². The molecule has 0 bridgehead atoms. The van der Waals surface area contributed by atoms with Crippen LogP contribution in [0.3, 0.4) is 0 Å². The molecular weight excluding hydrogens is 519 g/mol. The monoisotopic (exact) mass is 549 g/mol. The number of azo groups is 1. The smallest absolute Gasteiger partial charge is 0.231 e. The summed E-state index contributed by atoms with van der Waals surface area (Å²) in [6.45, 7) is 8.46. The van der Waals surface area contributed by atoms with Crippen LogP contribution in [0.15, 0.2) is 77.0 Å². The van der Waals surface area contributed by atoms with Crippen molar-refractivity contribution in [2.24, 2.45) is 10.2 Å². The molecule has 7 heteroatoms. The minimum Gasteiger partial charge on any atom is -0.372 e. The number of allylic oxidation sites excluding steroid dienone is 1. The van der Waals surface area contributed by atoms with Crippen LogP contribution in [0.4, 0.5) is 16.5 Å². The van der Waals surface area contributed by atoms with E-state index in [9.17, 15) is 5.26 Å². The van der Waals surface area contributed by atoms with Crippen LogP contribution >= 0.6 is 22.7 Å². The van der Waals surface area contributed by atoms with Crippen LogP contribution in [0.25, 0.3) is 32.0 Å². The van der Waals surface area contributed by atoms with Crippen molar-refractivity contribution in [1.82, 2.24) is 4.98 Å². The van der Waals surface area contributed by atoms with Crippen molar-refractivity contribution in [3.63, 3.8) is 0 Å². The van der Waals surface area contributed by atoms with E-state index < -0.39 is 0 Å². The largest absolute Gasteiger partial charge is 0.372 e. The molecule has 0 radical (unpaired) electrons. The molecule has 0 aliphatic rings. The summed E-state index contributed by atoms with van der Waals surface area (Å²) in [7, 11) is 0. The maximum Gasteiger partial charge on any atom is 0.231 e. The summed E-state index contributed by atoms with van der Waals surface area (Å²) in [6.07, 6.45) is 5.39. The maximum atomic E-state index is 9.79. The maximum absolute atomic E-state index is 9.79. The zero-order valence-corrected chi connectivity index (χ0v) is 24.1. The van der Waals surface area contributed by atoms with Crippen molar-refractivity contribution >= 4 is 71.1 Å². The third-order valence-corrected chi connectivity index (χ3v) is 8.81. The minimum atomic E-state index is 0.631. The molecule has 0 saturated carbocycles. The number of nitrogens with zero attached hydrogens (tertiary/aromatic N) is 5. The molecule has 2 aromatic heterocycles. The number of fused-ring (bicyclic) bond motifs is 2. The van der Waals surface area contributed by atoms with Crippen LogP contribution in [-0.4, -0.2) is 18.1 Å². The number of benzene rings is 3. The van der Waals surface area contributed by atoms with Crippen LogP contribution in [0.1, 0.15) is 49.6 Å². The van der Waals surface area contributed by atoms with Crippen LogP contribution in [0.2, 0.25) is 0 Å². The van der Waals surface area contributed by atoms with Gasteiger partial charge in [0, 0.05) is 34.4 Å². The van der Waals surface area contributed by atoms with Gasteiger partial charge < -0.3 is 4.90 Å². The Morgan fingerprint density at radius 2 is 1.72 bits per heavy atom. The van der Waals surface area contributed by atoms with E-state index in [0.29, 0.717) is 10.7 Å². The number of thiazole rings is 1. The molecule has 3 aromatic carbocycles. The number of anilines is 1. The Morgan fingerprint density at radius 1 is 0.949 bits per heavy atom. The van der Waals surface area contributed by atoms with Gasteiger partial charge in [0.05, 0.1) is 22.0 Å². The second-order valence-corrected chi connectivity index (χ2v) is 11.4. The number of hydrogen-bond acceptors (Lipinski definition) is 7. The number of thiophene rings is 1. The Hall–Kier alpha value is -3.86. The summed E-state index contributed by atoms with van der Waals surface area (Å²) in [6, 6.07) is 25.3. The van der Waals surface area contributed by atoms with E-state index in [1.807, 2.05) is 30.3 Å². The first kappa shape index (κ1) is 26.7. The minimum absolute atomic E-state index is 0.631. The molecule has 5 nitrogen and oxygen atoms in total. The van der Waals surface area contributed by atoms with E-state index in [4.69, 9.17) is 4.98 Å². The first-order valence-electron chi connectivity index (χ1n) is 13.4. The molecule has 39 heavy (non-hydrogen) atoms. The van der Waals surface area contributed by atoms with Crippen LogP contribution in [0, 0.1) is 11.3 Å². The van der Waals surface area contributed by atoms with Gasteiger partial charge in [-0.1, -0.05) is 73.2 Å². The molecule has 0 atom stereocenters. The topological polar surface area (TPSA) is 64.6 Å². The van der Waals surface area contributed by atoms with Crippen molar-refractivity contribution < 1.29 is 0 Å². The van der Waals surface area contributed by atoms with E-state index >= 15 is 0 Å². The summed E-state index contributed by atoms with van der Waals surface area (Å²) < 4.78 is 1.05. The molecule has 5 aromatic rings. The van der Waals surface area contributed by atoms with Gasteiger partial charge in [0.1, 0.15) is 4.83 Å². The predicted octanol–water partition coefficient (Wildman–Crippen LogP) is 10.2. The van der Waals surface area contributed by atoms with E-state index in [1.54, 1.807) is 11.3 Å². The van der Waals surface area contributed by atoms with E-state index in [-0.39, 0.29) is 0 Å². The van der Waals surface area contributed by atoms with Gasteiger partial charge in [-0.3, -0.25) is 0 Å². The number of nitriles is 1. The van der Waals surface area contributed by atoms with Gasteiger partial charge in [-0.2, -0.15) is 5.26 Å². The number of hydrogen-bond donors (Lipinski definition) is 0. The zero-order valence-electron chi connectivity index (χ0n) is 22.5. The highest BCUT2D eigenvalue weighted by Gasteiger charge is 2.12. The first-order chi connectivity index (χ1) is 19.1. The molecule has 2 heterocycles. The summed E-state index contributed by atoms with van der Waals surface area (Å²) in [5.74, 6) is 0. The van der Waals surface area contributed by atoms with Gasteiger partial charge in [-0.15, -0.1) is 21.6 Å². The first-order valence-corrected chi connectivity index (χ1v) is 15.1. The van der Waals surface area contributed by atoms with Crippen molar-refractivity contribution in [1.29, 1.82) is 5.26 Å². The molecular formula is C32H31N5S2. The second-order valence-electron chi connectivity index (χ2n) is 9.31. The third kappa shape index (κ3) is 5.93. The number of rotatable bonds is 10. The lowest BCUT2D eigenvalue weighted by atomic mass is 10.0. The quantitative estimate of drug-likeness (QED) is 0.129.